The minimum atomic E-state index is -3.48. The van der Waals surface area contributed by atoms with E-state index in [0.717, 1.165) is 5.56 Å². The summed E-state index contributed by atoms with van der Waals surface area (Å²) in [5, 5.41) is 0. The van der Waals surface area contributed by atoms with Gasteiger partial charge in [0.2, 0.25) is 0 Å². The highest BCUT2D eigenvalue weighted by molar-refractivity contribution is 7.55. The summed E-state index contributed by atoms with van der Waals surface area (Å²) in [6, 6.07) is 3.37. The van der Waals surface area contributed by atoms with Gasteiger partial charge in [-0.1, -0.05) is 0 Å². The summed E-state index contributed by atoms with van der Waals surface area (Å²) < 4.78 is 34.0. The predicted octanol–water partition coefficient (Wildman–Crippen LogP) is 3.08. The average molecular weight is 328 g/mol. The Morgan fingerprint density at radius 3 is 2.14 bits per heavy atom. The first-order valence-corrected chi connectivity index (χ1v) is 8.79. The van der Waals surface area contributed by atoms with Gasteiger partial charge in [-0.3, -0.25) is 9.36 Å². The third kappa shape index (κ3) is 2.91. The number of ether oxygens (including phenoxy) is 2. The zero-order valence-corrected chi connectivity index (χ0v) is 14.1. The standard InChI is InChI=1S/C15H21O6P/c1-5-20-22(17,21-6-2)14-8-10-7-12(18-3)13(19-4)9-11(10)15(14)16/h7,9,14H,5-6,8H2,1-4H3. The van der Waals surface area contributed by atoms with Crippen LogP contribution in [0.3, 0.4) is 0 Å². The molecule has 1 unspecified atom stereocenters. The molecule has 0 saturated carbocycles. The number of hydrogen-bond donors (Lipinski definition) is 0. The van der Waals surface area contributed by atoms with Gasteiger partial charge in [0.1, 0.15) is 5.66 Å². The fourth-order valence-corrected chi connectivity index (χ4v) is 4.63. The van der Waals surface area contributed by atoms with Crippen LogP contribution in [-0.2, 0) is 20.0 Å². The van der Waals surface area contributed by atoms with Gasteiger partial charge >= 0.3 is 7.60 Å². The maximum Gasteiger partial charge on any atom is 0.341 e. The predicted molar refractivity (Wildman–Crippen MR) is 82.2 cm³/mol. The van der Waals surface area contributed by atoms with Gasteiger partial charge in [0.25, 0.3) is 0 Å². The van der Waals surface area contributed by atoms with Gasteiger partial charge in [0.05, 0.1) is 27.4 Å². The van der Waals surface area contributed by atoms with Crippen LogP contribution in [0.25, 0.3) is 0 Å². The van der Waals surface area contributed by atoms with Crippen molar-refractivity contribution in [3.63, 3.8) is 0 Å². The molecule has 2 rings (SSSR count). The molecular formula is C15H21O6P. The number of benzene rings is 1. The molecule has 7 heteroatoms. The van der Waals surface area contributed by atoms with Crippen molar-refractivity contribution in [2.45, 2.75) is 25.9 Å². The number of carbonyl (C=O) groups excluding carboxylic acids is 1. The molecule has 0 radical (unpaired) electrons. The summed E-state index contributed by atoms with van der Waals surface area (Å²) >= 11 is 0. The highest BCUT2D eigenvalue weighted by Gasteiger charge is 2.46. The molecule has 122 valence electrons. The van der Waals surface area contributed by atoms with Crippen molar-refractivity contribution in [2.24, 2.45) is 0 Å². The third-order valence-corrected chi connectivity index (χ3v) is 6.01. The molecule has 22 heavy (non-hydrogen) atoms. The lowest BCUT2D eigenvalue weighted by atomic mass is 10.1. The molecule has 0 saturated heterocycles. The van der Waals surface area contributed by atoms with Gasteiger partial charge in [-0.2, -0.15) is 0 Å². The van der Waals surface area contributed by atoms with E-state index >= 15 is 0 Å². The normalized spacial score (nSPS) is 17.5. The average Bonchev–Trinajstić information content (AvgIpc) is 2.83. The highest BCUT2D eigenvalue weighted by Crippen LogP contribution is 2.57. The maximum absolute atomic E-state index is 12.9. The summed E-state index contributed by atoms with van der Waals surface area (Å²) in [5.41, 5.74) is 0.453. The van der Waals surface area contributed by atoms with E-state index in [9.17, 15) is 9.36 Å². The summed E-state index contributed by atoms with van der Waals surface area (Å²) in [7, 11) is -0.446. The van der Waals surface area contributed by atoms with Crippen LogP contribution >= 0.6 is 7.60 Å². The molecule has 0 amide bonds. The SMILES string of the molecule is CCOP(=O)(OCC)C1Cc2cc(OC)c(OC)cc2C1=O. The zero-order chi connectivity index (χ0) is 16.3. The van der Waals surface area contributed by atoms with E-state index in [1.165, 1.54) is 14.2 Å². The number of hydrogen-bond acceptors (Lipinski definition) is 6. The first-order valence-electron chi connectivity index (χ1n) is 7.18. The molecule has 0 spiro atoms. The van der Waals surface area contributed by atoms with E-state index < -0.39 is 13.3 Å². The Morgan fingerprint density at radius 2 is 1.64 bits per heavy atom. The van der Waals surface area contributed by atoms with Crippen LogP contribution in [0, 0.1) is 0 Å². The van der Waals surface area contributed by atoms with Crippen LogP contribution in [0.15, 0.2) is 12.1 Å². The van der Waals surface area contributed by atoms with Gasteiger partial charge in [0.15, 0.2) is 17.3 Å². The Hall–Kier alpha value is -1.36. The van der Waals surface area contributed by atoms with Gasteiger partial charge in [-0.15, -0.1) is 0 Å². The van der Waals surface area contributed by atoms with E-state index in [1.54, 1.807) is 26.0 Å². The van der Waals surface area contributed by atoms with E-state index in [1.807, 2.05) is 0 Å². The number of Topliss-reactive ketones (excluding diaryl/α,β-unsaturated/α-hetero) is 1. The van der Waals surface area contributed by atoms with Crippen molar-refractivity contribution in [1.29, 1.82) is 0 Å². The molecule has 6 nitrogen and oxygen atoms in total. The molecule has 0 aliphatic heterocycles. The molecule has 1 aliphatic carbocycles. The van der Waals surface area contributed by atoms with E-state index in [4.69, 9.17) is 18.5 Å². The van der Waals surface area contributed by atoms with Gasteiger partial charge in [-0.05, 0) is 38.0 Å². The minimum absolute atomic E-state index is 0.226. The lowest BCUT2D eigenvalue weighted by Gasteiger charge is -2.21. The van der Waals surface area contributed by atoms with E-state index in [-0.39, 0.29) is 19.0 Å². The van der Waals surface area contributed by atoms with Crippen LogP contribution in [-0.4, -0.2) is 38.9 Å². The summed E-state index contributed by atoms with van der Waals surface area (Å²) in [4.78, 5) is 12.6. The van der Waals surface area contributed by atoms with E-state index in [2.05, 4.69) is 0 Å². The van der Waals surface area contributed by atoms with E-state index in [0.29, 0.717) is 23.5 Å². The number of ketones is 1. The second-order valence-electron chi connectivity index (χ2n) is 4.82. The number of fused-ring (bicyclic) bond motifs is 1. The van der Waals surface area contributed by atoms with Gasteiger partial charge < -0.3 is 18.5 Å². The van der Waals surface area contributed by atoms with Crippen molar-refractivity contribution in [3.05, 3.63) is 23.3 Å². The largest absolute Gasteiger partial charge is 0.493 e. The molecule has 0 bridgehead atoms. The second-order valence-corrected chi connectivity index (χ2v) is 7.04. The Labute approximate surface area is 130 Å². The quantitative estimate of drug-likeness (QED) is 0.716. The number of rotatable bonds is 7. The maximum atomic E-state index is 12.9. The molecule has 0 aromatic heterocycles. The smallest absolute Gasteiger partial charge is 0.341 e. The summed E-state index contributed by atoms with van der Waals surface area (Å²) in [5.74, 6) is 0.774. The Morgan fingerprint density at radius 1 is 1.09 bits per heavy atom. The molecule has 0 heterocycles. The highest BCUT2D eigenvalue weighted by atomic mass is 31.2. The topological polar surface area (TPSA) is 71.1 Å². The van der Waals surface area contributed by atoms with Gasteiger partial charge in [0, 0.05) is 5.56 Å². The van der Waals surface area contributed by atoms with Crippen molar-refractivity contribution in [1.82, 2.24) is 0 Å². The Balaban J connectivity index is 2.41. The lowest BCUT2D eigenvalue weighted by molar-refractivity contribution is 0.0979. The van der Waals surface area contributed by atoms with Crippen LogP contribution in [0.4, 0.5) is 0 Å². The fourth-order valence-electron chi connectivity index (χ4n) is 2.63. The molecule has 0 fully saturated rings. The first-order chi connectivity index (χ1) is 10.5. The Kier molecular flexibility index (Phi) is 5.27. The summed E-state index contributed by atoms with van der Waals surface area (Å²) in [6.07, 6.45) is 0.311. The molecule has 1 atom stereocenters. The monoisotopic (exact) mass is 328 g/mol. The van der Waals surface area contributed by atoms with Crippen LogP contribution in [0.1, 0.15) is 29.8 Å². The van der Waals surface area contributed by atoms with Crippen LogP contribution < -0.4 is 9.47 Å². The van der Waals surface area contributed by atoms with Crippen molar-refractivity contribution in [3.8, 4) is 11.5 Å². The molecule has 1 aliphatic rings. The molecular weight excluding hydrogens is 307 g/mol. The molecule has 1 aromatic rings. The number of methoxy groups -OCH3 is 2. The zero-order valence-electron chi connectivity index (χ0n) is 13.3. The fraction of sp³-hybridized carbons (Fsp3) is 0.533. The van der Waals surface area contributed by atoms with Gasteiger partial charge in [-0.25, -0.2) is 0 Å². The number of carbonyl (C=O) groups is 1. The van der Waals surface area contributed by atoms with Crippen molar-refractivity contribution in [2.75, 3.05) is 27.4 Å². The first kappa shape index (κ1) is 17.0. The molecule has 1 aromatic carbocycles. The van der Waals surface area contributed by atoms with Crippen LogP contribution in [0.2, 0.25) is 0 Å². The van der Waals surface area contributed by atoms with Crippen LogP contribution in [0.5, 0.6) is 11.5 Å². The summed E-state index contributed by atoms with van der Waals surface area (Å²) in [6.45, 7) is 3.91. The van der Waals surface area contributed by atoms with Crippen molar-refractivity contribution >= 4 is 13.4 Å². The molecule has 0 N–H and O–H groups in total. The minimum Gasteiger partial charge on any atom is -0.493 e. The van der Waals surface area contributed by atoms with Crippen molar-refractivity contribution < 1.29 is 27.9 Å². The second kappa shape index (κ2) is 6.82. The third-order valence-electron chi connectivity index (χ3n) is 3.59. The lowest BCUT2D eigenvalue weighted by Crippen LogP contribution is -2.20. The Bertz CT molecular complexity index is 602.